The van der Waals surface area contributed by atoms with E-state index in [-0.39, 0.29) is 42.0 Å². The smallest absolute Gasteiger partial charge is 0.251 e. The number of morpholine rings is 1. The zero-order chi connectivity index (χ0) is 22.2. The molecule has 0 spiro atoms. The number of rotatable bonds is 6. The van der Waals surface area contributed by atoms with Gasteiger partial charge >= 0.3 is 0 Å². The Morgan fingerprint density at radius 3 is 2.75 bits per heavy atom. The van der Waals surface area contributed by atoms with Gasteiger partial charge in [-0.25, -0.2) is 0 Å². The van der Waals surface area contributed by atoms with Crippen molar-refractivity contribution in [2.24, 2.45) is 4.99 Å². The molecule has 1 saturated heterocycles. The van der Waals surface area contributed by atoms with Gasteiger partial charge in [0.15, 0.2) is 5.96 Å². The first-order valence-electron chi connectivity index (χ1n) is 11.0. The molecule has 2 N–H and O–H groups in total. The predicted octanol–water partition coefficient (Wildman–Crippen LogP) is 4.29. The molecular weight excluding hydrogens is 515 g/mol. The van der Waals surface area contributed by atoms with Crippen molar-refractivity contribution in [2.45, 2.75) is 45.9 Å². The van der Waals surface area contributed by atoms with Gasteiger partial charge < -0.3 is 20.3 Å². The third-order valence-corrected chi connectivity index (χ3v) is 5.74. The van der Waals surface area contributed by atoms with Crippen LogP contribution in [-0.4, -0.2) is 49.6 Å². The molecule has 0 aliphatic carbocycles. The number of hydrogen-bond donors (Lipinski definition) is 2. The molecule has 1 aliphatic heterocycles. The summed E-state index contributed by atoms with van der Waals surface area (Å²) in [6.07, 6.45) is 0.938. The molecule has 0 aromatic heterocycles. The van der Waals surface area contributed by atoms with Gasteiger partial charge in [-0.3, -0.25) is 9.79 Å². The van der Waals surface area contributed by atoms with E-state index in [2.05, 4.69) is 58.6 Å². The Labute approximate surface area is 208 Å². The molecule has 0 radical (unpaired) electrons. The van der Waals surface area contributed by atoms with Crippen LogP contribution in [0.4, 0.5) is 0 Å². The number of amides is 1. The molecule has 3 rings (SSSR count). The fourth-order valence-electron chi connectivity index (χ4n) is 3.72. The molecule has 2 atom stereocenters. The highest BCUT2D eigenvalue weighted by molar-refractivity contribution is 14.0. The van der Waals surface area contributed by atoms with Gasteiger partial charge in [0, 0.05) is 31.7 Å². The minimum atomic E-state index is -0.0326. The Morgan fingerprint density at radius 2 is 2.03 bits per heavy atom. The zero-order valence-corrected chi connectivity index (χ0v) is 21.8. The van der Waals surface area contributed by atoms with Crippen molar-refractivity contribution in [3.63, 3.8) is 0 Å². The van der Waals surface area contributed by atoms with Gasteiger partial charge in [-0.05, 0) is 49.1 Å². The maximum Gasteiger partial charge on any atom is 0.251 e. The van der Waals surface area contributed by atoms with Gasteiger partial charge in [0.25, 0.3) is 5.91 Å². The lowest BCUT2D eigenvalue weighted by Gasteiger charge is -2.35. The minimum Gasteiger partial charge on any atom is -0.370 e. The summed E-state index contributed by atoms with van der Waals surface area (Å²) < 4.78 is 6.05. The maximum absolute atomic E-state index is 12.4. The molecule has 0 saturated carbocycles. The van der Waals surface area contributed by atoms with Gasteiger partial charge in [0.05, 0.1) is 13.2 Å². The van der Waals surface area contributed by atoms with E-state index in [4.69, 9.17) is 4.74 Å². The number of ether oxygens (including phenoxy) is 1. The second kappa shape index (κ2) is 12.8. The first-order chi connectivity index (χ1) is 15.0. The normalized spacial score (nSPS) is 17.3. The topological polar surface area (TPSA) is 66.0 Å². The molecule has 2 aromatic carbocycles. The van der Waals surface area contributed by atoms with Crippen LogP contribution in [-0.2, 0) is 11.3 Å². The number of benzene rings is 2. The molecule has 0 bridgehead atoms. The SMILES string of the molecule is CCC(C)NC(=O)c1cccc(CNC(=NC)N2CCOC(c3ccccc3C)C2)c1.I. The van der Waals surface area contributed by atoms with E-state index in [1.807, 2.05) is 31.2 Å². The predicted molar refractivity (Wildman–Crippen MR) is 141 cm³/mol. The standard InChI is InChI=1S/C25H34N4O2.HI/c1-5-19(3)28-24(30)21-11-8-10-20(15-21)16-27-25(26-4)29-13-14-31-23(17-29)22-12-7-6-9-18(22)2;/h6-12,15,19,23H,5,13-14,16-17H2,1-4H3,(H,26,27)(H,28,30);1H. The van der Waals surface area contributed by atoms with Crippen LogP contribution >= 0.6 is 24.0 Å². The van der Waals surface area contributed by atoms with Crippen LogP contribution in [0.25, 0.3) is 0 Å². The van der Waals surface area contributed by atoms with Crippen LogP contribution in [0.5, 0.6) is 0 Å². The van der Waals surface area contributed by atoms with Crippen LogP contribution in [0.15, 0.2) is 53.5 Å². The summed E-state index contributed by atoms with van der Waals surface area (Å²) in [5, 5.41) is 6.47. The lowest BCUT2D eigenvalue weighted by Crippen LogP contribution is -2.48. The summed E-state index contributed by atoms with van der Waals surface area (Å²) in [5.41, 5.74) is 4.19. The van der Waals surface area contributed by atoms with E-state index in [0.29, 0.717) is 18.7 Å². The van der Waals surface area contributed by atoms with E-state index in [1.165, 1.54) is 11.1 Å². The summed E-state index contributed by atoms with van der Waals surface area (Å²) >= 11 is 0. The molecule has 2 aromatic rings. The van der Waals surface area contributed by atoms with Gasteiger partial charge in [-0.2, -0.15) is 0 Å². The number of carbonyl (C=O) groups is 1. The number of carbonyl (C=O) groups excluding carboxylic acids is 1. The highest BCUT2D eigenvalue weighted by Gasteiger charge is 2.25. The highest BCUT2D eigenvalue weighted by atomic mass is 127. The van der Waals surface area contributed by atoms with Crippen molar-refractivity contribution >= 4 is 35.8 Å². The summed E-state index contributed by atoms with van der Waals surface area (Å²) in [6.45, 7) is 9.00. The molecule has 6 nitrogen and oxygen atoms in total. The lowest BCUT2D eigenvalue weighted by atomic mass is 10.0. The first-order valence-corrected chi connectivity index (χ1v) is 11.0. The van der Waals surface area contributed by atoms with Crippen LogP contribution in [0, 0.1) is 6.92 Å². The number of nitrogens with zero attached hydrogens (tertiary/aromatic N) is 2. The monoisotopic (exact) mass is 550 g/mol. The third-order valence-electron chi connectivity index (χ3n) is 5.74. The number of aryl methyl sites for hydroxylation is 1. The largest absolute Gasteiger partial charge is 0.370 e. The quantitative estimate of drug-likeness (QED) is 0.320. The molecule has 1 heterocycles. The van der Waals surface area contributed by atoms with Crippen molar-refractivity contribution in [2.75, 3.05) is 26.7 Å². The fourth-order valence-corrected chi connectivity index (χ4v) is 3.72. The number of hydrogen-bond acceptors (Lipinski definition) is 3. The van der Waals surface area contributed by atoms with Gasteiger partial charge in [0.2, 0.25) is 0 Å². The molecule has 1 amide bonds. The van der Waals surface area contributed by atoms with Crippen molar-refractivity contribution < 1.29 is 9.53 Å². The number of nitrogens with one attached hydrogen (secondary N) is 2. The lowest BCUT2D eigenvalue weighted by molar-refractivity contribution is -0.00834. The van der Waals surface area contributed by atoms with Crippen molar-refractivity contribution in [1.82, 2.24) is 15.5 Å². The molecule has 174 valence electrons. The highest BCUT2D eigenvalue weighted by Crippen LogP contribution is 2.25. The summed E-state index contributed by atoms with van der Waals surface area (Å²) in [6, 6.07) is 16.3. The fraction of sp³-hybridized carbons (Fsp3) is 0.440. The number of halogens is 1. The van der Waals surface area contributed by atoms with Gasteiger partial charge in [0.1, 0.15) is 6.10 Å². The number of aliphatic imine (C=N–C) groups is 1. The molecular formula is C25H35IN4O2. The summed E-state index contributed by atoms with van der Waals surface area (Å²) in [4.78, 5) is 19.1. The van der Waals surface area contributed by atoms with E-state index in [9.17, 15) is 4.79 Å². The number of guanidine groups is 1. The Hall–Kier alpha value is -2.13. The van der Waals surface area contributed by atoms with E-state index in [0.717, 1.165) is 31.0 Å². The Balaban J connectivity index is 0.00000363. The maximum atomic E-state index is 12.4. The Morgan fingerprint density at radius 1 is 1.25 bits per heavy atom. The molecule has 32 heavy (non-hydrogen) atoms. The van der Waals surface area contributed by atoms with E-state index >= 15 is 0 Å². The average Bonchev–Trinajstić information content (AvgIpc) is 2.80. The van der Waals surface area contributed by atoms with Crippen molar-refractivity contribution in [1.29, 1.82) is 0 Å². The van der Waals surface area contributed by atoms with Crippen LogP contribution in [0.3, 0.4) is 0 Å². The molecule has 1 fully saturated rings. The van der Waals surface area contributed by atoms with Crippen LogP contribution in [0.1, 0.15) is 53.4 Å². The average molecular weight is 550 g/mol. The van der Waals surface area contributed by atoms with Gasteiger partial charge in [-0.15, -0.1) is 24.0 Å². The molecule has 2 unspecified atom stereocenters. The van der Waals surface area contributed by atoms with Crippen LogP contribution in [0.2, 0.25) is 0 Å². The second-order valence-corrected chi connectivity index (χ2v) is 8.05. The van der Waals surface area contributed by atoms with Crippen molar-refractivity contribution in [3.8, 4) is 0 Å². The van der Waals surface area contributed by atoms with E-state index < -0.39 is 0 Å². The van der Waals surface area contributed by atoms with Gasteiger partial charge in [-0.1, -0.05) is 43.3 Å². The summed E-state index contributed by atoms with van der Waals surface area (Å²) in [7, 11) is 1.80. The first kappa shape index (κ1) is 26.1. The summed E-state index contributed by atoms with van der Waals surface area (Å²) in [5.74, 6) is 0.811. The van der Waals surface area contributed by atoms with Crippen molar-refractivity contribution in [3.05, 3.63) is 70.8 Å². The Kier molecular flexibility index (Phi) is 10.4. The Bertz CT molecular complexity index is 918. The second-order valence-electron chi connectivity index (χ2n) is 8.05. The zero-order valence-electron chi connectivity index (χ0n) is 19.4. The van der Waals surface area contributed by atoms with Crippen LogP contribution < -0.4 is 10.6 Å². The molecule has 1 aliphatic rings. The van der Waals surface area contributed by atoms with E-state index in [1.54, 1.807) is 7.05 Å². The third kappa shape index (κ3) is 6.93. The molecule has 7 heteroatoms. The minimum absolute atomic E-state index is 0.